The first-order valence-corrected chi connectivity index (χ1v) is 7.14. The molecule has 0 fully saturated rings. The van der Waals surface area contributed by atoms with Crippen LogP contribution in [-0.2, 0) is 9.47 Å². The molecule has 0 unspecified atom stereocenters. The summed E-state index contributed by atoms with van der Waals surface area (Å²) in [6, 6.07) is 1.19. The zero-order chi connectivity index (χ0) is 17.1. The van der Waals surface area contributed by atoms with Gasteiger partial charge in [0.1, 0.15) is 16.5 Å². The van der Waals surface area contributed by atoms with E-state index in [0.717, 1.165) is 18.4 Å². The number of aromatic nitrogens is 2. The van der Waals surface area contributed by atoms with Crippen LogP contribution < -0.4 is 0 Å². The number of thiazole rings is 1. The molecule has 0 bridgehead atoms. The minimum Gasteiger partial charge on any atom is -0.505 e. The number of ketones is 1. The third-order valence-electron chi connectivity index (χ3n) is 2.84. The minimum absolute atomic E-state index is 0.0611. The molecule has 1 N–H and O–H groups in total. The molecule has 9 heteroatoms. The average molecular weight is 336 g/mol. The molecule has 0 amide bonds. The predicted molar refractivity (Wildman–Crippen MR) is 79.7 cm³/mol. The maximum absolute atomic E-state index is 11.8. The van der Waals surface area contributed by atoms with E-state index >= 15 is 0 Å². The highest BCUT2D eigenvalue weighted by Crippen LogP contribution is 2.31. The van der Waals surface area contributed by atoms with Gasteiger partial charge in [-0.1, -0.05) is 0 Å². The number of aromatic hydroxyl groups is 1. The van der Waals surface area contributed by atoms with Crippen molar-refractivity contribution in [2.24, 2.45) is 0 Å². The standard InChI is InChI=1S/C14H12N2O6S/c1-6(17)10-7(4-9(18)11(16-10)14(20)22-3)12-15-8(5-23-12)13(19)21-2/h4-5,18H,1-3H3. The quantitative estimate of drug-likeness (QED) is 0.662. The SMILES string of the molecule is COC(=O)c1csc(-c2cc(O)c(C(=O)OC)nc2C(C)=O)n1. The van der Waals surface area contributed by atoms with Gasteiger partial charge in [-0.3, -0.25) is 4.79 Å². The first-order valence-electron chi connectivity index (χ1n) is 6.26. The van der Waals surface area contributed by atoms with Gasteiger partial charge < -0.3 is 14.6 Å². The van der Waals surface area contributed by atoms with Gasteiger partial charge in [0.05, 0.1) is 14.2 Å². The Morgan fingerprint density at radius 2 is 1.74 bits per heavy atom. The lowest BCUT2D eigenvalue weighted by atomic mass is 10.1. The lowest BCUT2D eigenvalue weighted by Gasteiger charge is -2.08. The third-order valence-corrected chi connectivity index (χ3v) is 3.72. The summed E-state index contributed by atoms with van der Waals surface area (Å²) in [7, 11) is 2.36. The molecule has 0 atom stereocenters. The third kappa shape index (κ3) is 3.19. The molecule has 0 saturated heterocycles. The van der Waals surface area contributed by atoms with Gasteiger partial charge in [0.2, 0.25) is 0 Å². The maximum atomic E-state index is 11.8. The lowest BCUT2D eigenvalue weighted by Crippen LogP contribution is -2.10. The molecule has 0 radical (unpaired) electrons. The molecule has 120 valence electrons. The predicted octanol–water partition coefficient (Wildman–Crippen LogP) is 1.69. The summed E-state index contributed by atoms with van der Waals surface area (Å²) in [6.45, 7) is 1.26. The normalized spacial score (nSPS) is 10.2. The molecule has 8 nitrogen and oxygen atoms in total. The van der Waals surface area contributed by atoms with E-state index in [0.29, 0.717) is 0 Å². The number of carbonyl (C=O) groups excluding carboxylic acids is 3. The van der Waals surface area contributed by atoms with E-state index in [1.807, 2.05) is 0 Å². The van der Waals surface area contributed by atoms with Crippen LogP contribution in [0.1, 0.15) is 38.4 Å². The second-order valence-corrected chi connectivity index (χ2v) is 5.19. The molecule has 2 aromatic heterocycles. The Bertz CT molecular complexity index is 799. The Morgan fingerprint density at radius 3 is 2.30 bits per heavy atom. The monoisotopic (exact) mass is 336 g/mol. The molecule has 0 spiro atoms. The highest BCUT2D eigenvalue weighted by Gasteiger charge is 2.23. The van der Waals surface area contributed by atoms with Gasteiger partial charge in [-0.25, -0.2) is 19.6 Å². The number of methoxy groups -OCH3 is 2. The number of hydrogen-bond acceptors (Lipinski definition) is 9. The number of hydrogen-bond donors (Lipinski definition) is 1. The van der Waals surface area contributed by atoms with Gasteiger partial charge >= 0.3 is 11.9 Å². The van der Waals surface area contributed by atoms with Crippen molar-refractivity contribution in [1.29, 1.82) is 0 Å². The van der Waals surface area contributed by atoms with Crippen molar-refractivity contribution in [2.75, 3.05) is 14.2 Å². The first-order chi connectivity index (χ1) is 10.9. The number of rotatable bonds is 4. The fourth-order valence-electron chi connectivity index (χ4n) is 1.78. The zero-order valence-corrected chi connectivity index (χ0v) is 13.3. The van der Waals surface area contributed by atoms with E-state index in [2.05, 4.69) is 19.4 Å². The lowest BCUT2D eigenvalue weighted by molar-refractivity contribution is 0.0583. The number of ether oxygens (including phenoxy) is 2. The molecule has 2 aromatic rings. The van der Waals surface area contributed by atoms with E-state index in [4.69, 9.17) is 0 Å². The van der Waals surface area contributed by atoms with Gasteiger partial charge in [0.15, 0.2) is 17.2 Å². The van der Waals surface area contributed by atoms with Crippen LogP contribution >= 0.6 is 11.3 Å². The van der Waals surface area contributed by atoms with E-state index < -0.39 is 23.5 Å². The summed E-state index contributed by atoms with van der Waals surface area (Å²) >= 11 is 1.08. The summed E-state index contributed by atoms with van der Waals surface area (Å²) in [5.74, 6) is -2.38. The summed E-state index contributed by atoms with van der Waals surface area (Å²) < 4.78 is 9.06. The Labute approximate surface area is 134 Å². The van der Waals surface area contributed by atoms with Gasteiger partial charge in [-0.15, -0.1) is 11.3 Å². The van der Waals surface area contributed by atoms with Crippen molar-refractivity contribution in [1.82, 2.24) is 9.97 Å². The van der Waals surface area contributed by atoms with Crippen molar-refractivity contribution in [2.45, 2.75) is 6.92 Å². The van der Waals surface area contributed by atoms with Crippen molar-refractivity contribution in [3.05, 3.63) is 28.5 Å². The number of carbonyl (C=O) groups is 3. The number of esters is 2. The van der Waals surface area contributed by atoms with E-state index in [1.54, 1.807) is 0 Å². The Kier molecular flexibility index (Phi) is 4.70. The van der Waals surface area contributed by atoms with Crippen LogP contribution in [0.2, 0.25) is 0 Å². The van der Waals surface area contributed by atoms with Crippen molar-refractivity contribution < 1.29 is 29.0 Å². The topological polar surface area (TPSA) is 116 Å². The van der Waals surface area contributed by atoms with Gasteiger partial charge in [0, 0.05) is 17.9 Å². The highest BCUT2D eigenvalue weighted by molar-refractivity contribution is 7.13. The molecule has 0 aliphatic carbocycles. The fourth-order valence-corrected chi connectivity index (χ4v) is 2.58. The molecular formula is C14H12N2O6S. The number of pyridine rings is 1. The number of nitrogens with zero attached hydrogens (tertiary/aromatic N) is 2. The van der Waals surface area contributed by atoms with Crippen molar-refractivity contribution >= 4 is 29.1 Å². The summed E-state index contributed by atoms with van der Waals surface area (Å²) in [5.41, 5.74) is -0.151. The summed E-state index contributed by atoms with van der Waals surface area (Å²) in [5, 5.41) is 11.7. The first kappa shape index (κ1) is 16.6. The molecule has 0 aromatic carbocycles. The van der Waals surface area contributed by atoms with E-state index in [-0.39, 0.29) is 27.7 Å². The summed E-state index contributed by atoms with van der Waals surface area (Å²) in [4.78, 5) is 42.7. The van der Waals surface area contributed by atoms with Crippen LogP contribution in [0.5, 0.6) is 5.75 Å². The average Bonchev–Trinajstić information content (AvgIpc) is 3.02. The number of Topliss-reactive ketones (excluding diaryl/α,β-unsaturated/α-hetero) is 1. The van der Waals surface area contributed by atoms with Crippen LogP contribution in [0.15, 0.2) is 11.4 Å². The van der Waals surface area contributed by atoms with E-state index in [1.165, 1.54) is 25.5 Å². The Balaban J connectivity index is 2.60. The molecular weight excluding hydrogens is 324 g/mol. The molecule has 0 saturated carbocycles. The second kappa shape index (κ2) is 6.53. The largest absolute Gasteiger partial charge is 0.505 e. The van der Waals surface area contributed by atoms with E-state index in [9.17, 15) is 19.5 Å². The van der Waals surface area contributed by atoms with Crippen LogP contribution in [0.25, 0.3) is 10.6 Å². The van der Waals surface area contributed by atoms with Crippen LogP contribution in [-0.4, -0.2) is 47.0 Å². The van der Waals surface area contributed by atoms with Gasteiger partial charge in [0.25, 0.3) is 0 Å². The second-order valence-electron chi connectivity index (χ2n) is 4.33. The van der Waals surface area contributed by atoms with Gasteiger partial charge in [-0.2, -0.15) is 0 Å². The smallest absolute Gasteiger partial charge is 0.360 e. The molecule has 23 heavy (non-hydrogen) atoms. The molecule has 0 aliphatic rings. The van der Waals surface area contributed by atoms with Crippen LogP contribution in [0.4, 0.5) is 0 Å². The molecule has 2 rings (SSSR count). The molecule has 2 heterocycles. The summed E-state index contributed by atoms with van der Waals surface area (Å²) in [6.07, 6.45) is 0. The van der Waals surface area contributed by atoms with Gasteiger partial charge in [-0.05, 0) is 6.07 Å². The van der Waals surface area contributed by atoms with Crippen molar-refractivity contribution in [3.63, 3.8) is 0 Å². The Morgan fingerprint density at radius 1 is 1.09 bits per heavy atom. The minimum atomic E-state index is -0.870. The van der Waals surface area contributed by atoms with Crippen molar-refractivity contribution in [3.8, 4) is 16.3 Å². The maximum Gasteiger partial charge on any atom is 0.360 e. The molecule has 0 aliphatic heterocycles. The van der Waals surface area contributed by atoms with Crippen LogP contribution in [0.3, 0.4) is 0 Å². The zero-order valence-electron chi connectivity index (χ0n) is 12.4. The highest BCUT2D eigenvalue weighted by atomic mass is 32.1. The fraction of sp³-hybridized carbons (Fsp3) is 0.214. The van der Waals surface area contributed by atoms with Crippen LogP contribution in [0, 0.1) is 0 Å². The Hall–Kier alpha value is -2.81.